The van der Waals surface area contributed by atoms with Crippen LogP contribution in [0.4, 0.5) is 0 Å². The second kappa shape index (κ2) is 7.63. The predicted molar refractivity (Wildman–Crippen MR) is 111 cm³/mol. The van der Waals surface area contributed by atoms with Gasteiger partial charge in [0.2, 0.25) is 5.91 Å². The number of rotatable bonds is 5. The molecule has 1 amide bonds. The fourth-order valence-corrected chi connectivity index (χ4v) is 5.08. The summed E-state index contributed by atoms with van der Waals surface area (Å²) in [6.45, 7) is 3.75. The van der Waals surface area contributed by atoms with Crippen LogP contribution >= 0.6 is 11.6 Å². The van der Waals surface area contributed by atoms with Gasteiger partial charge in [0.05, 0.1) is 12.6 Å². The number of benzene rings is 2. The van der Waals surface area contributed by atoms with Crippen LogP contribution in [0.15, 0.2) is 48.5 Å². The Morgan fingerprint density at radius 1 is 1.14 bits per heavy atom. The van der Waals surface area contributed by atoms with E-state index >= 15 is 0 Å². The lowest BCUT2D eigenvalue weighted by molar-refractivity contribution is -0.180. The first-order chi connectivity index (χ1) is 14.2. The van der Waals surface area contributed by atoms with Crippen LogP contribution in [-0.4, -0.2) is 47.2 Å². The fourth-order valence-electron chi connectivity index (χ4n) is 4.96. The molecule has 3 aliphatic rings. The van der Waals surface area contributed by atoms with Gasteiger partial charge in [-0.15, -0.1) is 0 Å². The first-order valence-corrected chi connectivity index (χ1v) is 10.7. The van der Waals surface area contributed by atoms with Crippen molar-refractivity contribution in [2.24, 2.45) is 0 Å². The molecule has 0 aromatic heterocycles. The van der Waals surface area contributed by atoms with Crippen molar-refractivity contribution in [1.82, 2.24) is 9.80 Å². The number of amides is 1. The van der Waals surface area contributed by atoms with Gasteiger partial charge < -0.3 is 14.4 Å². The molecular formula is C23H25ClN2O3. The minimum absolute atomic E-state index is 0.125. The summed E-state index contributed by atoms with van der Waals surface area (Å²) in [6.07, 6.45) is 2.37. The summed E-state index contributed by atoms with van der Waals surface area (Å²) in [4.78, 5) is 16.9. The summed E-state index contributed by atoms with van der Waals surface area (Å²) >= 11 is 5.97. The number of hydrogen-bond acceptors (Lipinski definition) is 4. The van der Waals surface area contributed by atoms with E-state index < -0.39 is 5.72 Å². The van der Waals surface area contributed by atoms with Crippen LogP contribution in [0.5, 0.6) is 5.75 Å². The van der Waals surface area contributed by atoms with Gasteiger partial charge in [-0.3, -0.25) is 9.69 Å². The number of hydrogen-bond donors (Lipinski definition) is 0. The molecule has 0 unspecified atom stereocenters. The molecule has 2 aromatic carbocycles. The molecule has 3 fully saturated rings. The van der Waals surface area contributed by atoms with E-state index in [1.54, 1.807) is 0 Å². The SMILES string of the molecule is O=C1C[C@H]2N(Cc3ccccc3OCc3ccc(Cl)cc3)CC[C@]23OCCCN13. The number of ether oxygens (including phenoxy) is 2. The van der Waals surface area contributed by atoms with Crippen molar-refractivity contribution in [2.45, 2.75) is 44.2 Å². The molecule has 2 atom stereocenters. The molecule has 3 aliphatic heterocycles. The zero-order chi connectivity index (χ0) is 19.8. The lowest BCUT2D eigenvalue weighted by atomic mass is 10.0. The van der Waals surface area contributed by atoms with Gasteiger partial charge in [0, 0.05) is 43.1 Å². The molecule has 0 aliphatic carbocycles. The predicted octanol–water partition coefficient (Wildman–Crippen LogP) is 3.84. The van der Waals surface area contributed by atoms with Crippen LogP contribution in [0.2, 0.25) is 5.02 Å². The Morgan fingerprint density at radius 2 is 1.97 bits per heavy atom. The Labute approximate surface area is 176 Å². The van der Waals surface area contributed by atoms with E-state index in [-0.39, 0.29) is 11.9 Å². The minimum atomic E-state index is -0.408. The average Bonchev–Trinajstić information content (AvgIpc) is 3.21. The van der Waals surface area contributed by atoms with Gasteiger partial charge in [0.15, 0.2) is 5.72 Å². The topological polar surface area (TPSA) is 42.0 Å². The molecule has 0 N–H and O–H groups in total. The molecule has 152 valence electrons. The molecule has 0 bridgehead atoms. The van der Waals surface area contributed by atoms with Gasteiger partial charge in [0.1, 0.15) is 12.4 Å². The van der Waals surface area contributed by atoms with Crippen LogP contribution in [0.3, 0.4) is 0 Å². The monoisotopic (exact) mass is 412 g/mol. The van der Waals surface area contributed by atoms with Crippen molar-refractivity contribution < 1.29 is 14.3 Å². The van der Waals surface area contributed by atoms with Crippen LogP contribution in [0.1, 0.15) is 30.4 Å². The highest BCUT2D eigenvalue weighted by molar-refractivity contribution is 6.30. The maximum absolute atomic E-state index is 12.6. The minimum Gasteiger partial charge on any atom is -0.489 e. The van der Waals surface area contributed by atoms with Crippen LogP contribution in [0.25, 0.3) is 0 Å². The number of halogens is 1. The van der Waals surface area contributed by atoms with Gasteiger partial charge >= 0.3 is 0 Å². The molecule has 2 aromatic rings. The first kappa shape index (κ1) is 18.9. The normalized spacial score (nSPS) is 26.4. The summed E-state index contributed by atoms with van der Waals surface area (Å²) in [5.74, 6) is 1.11. The van der Waals surface area contributed by atoms with E-state index in [0.29, 0.717) is 13.0 Å². The summed E-state index contributed by atoms with van der Waals surface area (Å²) in [6, 6.07) is 16.0. The molecule has 5 rings (SSSR count). The van der Waals surface area contributed by atoms with Gasteiger partial charge in [-0.1, -0.05) is 41.9 Å². The van der Waals surface area contributed by atoms with Gasteiger partial charge in [-0.05, 0) is 30.2 Å². The Balaban J connectivity index is 1.31. The summed E-state index contributed by atoms with van der Waals surface area (Å²) < 4.78 is 12.4. The second-order valence-electron chi connectivity index (χ2n) is 8.06. The Hall–Kier alpha value is -2.08. The first-order valence-electron chi connectivity index (χ1n) is 10.3. The van der Waals surface area contributed by atoms with Crippen molar-refractivity contribution in [3.63, 3.8) is 0 Å². The van der Waals surface area contributed by atoms with Crippen LogP contribution in [0, 0.1) is 0 Å². The third kappa shape index (κ3) is 3.41. The lowest BCUT2D eigenvalue weighted by Crippen LogP contribution is -2.56. The number of para-hydroxylation sites is 1. The molecule has 29 heavy (non-hydrogen) atoms. The van der Waals surface area contributed by atoms with E-state index in [2.05, 4.69) is 11.0 Å². The molecule has 3 heterocycles. The van der Waals surface area contributed by atoms with E-state index in [1.807, 2.05) is 47.4 Å². The van der Waals surface area contributed by atoms with Crippen LogP contribution < -0.4 is 4.74 Å². The van der Waals surface area contributed by atoms with Crippen molar-refractivity contribution in [1.29, 1.82) is 0 Å². The van der Waals surface area contributed by atoms with Gasteiger partial charge in [-0.25, -0.2) is 0 Å². The third-order valence-electron chi connectivity index (χ3n) is 6.38. The number of carbonyl (C=O) groups excluding carboxylic acids is 1. The molecule has 6 heteroatoms. The Morgan fingerprint density at radius 3 is 2.83 bits per heavy atom. The highest BCUT2D eigenvalue weighted by Gasteiger charge is 2.60. The third-order valence-corrected chi connectivity index (χ3v) is 6.63. The highest BCUT2D eigenvalue weighted by Crippen LogP contribution is 2.45. The number of likely N-dealkylation sites (tertiary alicyclic amines) is 1. The smallest absolute Gasteiger partial charge is 0.226 e. The second-order valence-corrected chi connectivity index (χ2v) is 8.49. The molecule has 1 spiro atoms. The standard InChI is InChI=1S/C23H25ClN2O3/c24-19-8-6-17(7-9-19)16-28-20-5-2-1-4-18(20)15-25-12-10-23-21(25)14-22(27)26(23)11-3-13-29-23/h1-2,4-9,21H,3,10-16H2/t21-,23+/m1/s1. The molecule has 0 saturated carbocycles. The maximum atomic E-state index is 12.6. The van der Waals surface area contributed by atoms with Crippen molar-refractivity contribution in [3.05, 3.63) is 64.7 Å². The van der Waals surface area contributed by atoms with E-state index in [9.17, 15) is 4.79 Å². The van der Waals surface area contributed by atoms with Gasteiger partial charge in [-0.2, -0.15) is 0 Å². The summed E-state index contributed by atoms with van der Waals surface area (Å²) in [5.41, 5.74) is 1.81. The van der Waals surface area contributed by atoms with Crippen molar-refractivity contribution >= 4 is 17.5 Å². The molecule has 0 radical (unpaired) electrons. The number of carbonyl (C=O) groups is 1. The quantitative estimate of drug-likeness (QED) is 0.748. The number of nitrogens with zero attached hydrogens (tertiary/aromatic N) is 2. The van der Waals surface area contributed by atoms with E-state index in [1.165, 1.54) is 0 Å². The van der Waals surface area contributed by atoms with Crippen LogP contribution in [-0.2, 0) is 22.7 Å². The zero-order valence-corrected chi connectivity index (χ0v) is 17.1. The largest absolute Gasteiger partial charge is 0.489 e. The van der Waals surface area contributed by atoms with E-state index in [4.69, 9.17) is 21.1 Å². The maximum Gasteiger partial charge on any atom is 0.226 e. The molecule has 3 saturated heterocycles. The zero-order valence-electron chi connectivity index (χ0n) is 16.4. The Bertz CT molecular complexity index is 903. The van der Waals surface area contributed by atoms with E-state index in [0.717, 1.165) is 61.0 Å². The summed E-state index contributed by atoms with van der Waals surface area (Å²) in [7, 11) is 0. The molecular weight excluding hydrogens is 388 g/mol. The molecule has 5 nitrogen and oxygen atoms in total. The highest BCUT2D eigenvalue weighted by atomic mass is 35.5. The Kier molecular flexibility index (Phi) is 4.98. The van der Waals surface area contributed by atoms with Gasteiger partial charge in [0.25, 0.3) is 0 Å². The van der Waals surface area contributed by atoms with Crippen molar-refractivity contribution in [2.75, 3.05) is 19.7 Å². The van der Waals surface area contributed by atoms with Crippen molar-refractivity contribution in [3.8, 4) is 5.75 Å². The fraction of sp³-hybridized carbons (Fsp3) is 0.435. The average molecular weight is 413 g/mol. The summed E-state index contributed by atoms with van der Waals surface area (Å²) in [5, 5.41) is 0.724. The lowest BCUT2D eigenvalue weighted by Gasteiger charge is -2.42.